The van der Waals surface area contributed by atoms with Crippen molar-refractivity contribution in [2.75, 3.05) is 11.1 Å². The molecule has 0 aliphatic rings. The van der Waals surface area contributed by atoms with Crippen LogP contribution in [-0.2, 0) is 11.2 Å². The Morgan fingerprint density at radius 1 is 1.11 bits per heavy atom. The van der Waals surface area contributed by atoms with E-state index in [9.17, 15) is 4.79 Å². The highest BCUT2D eigenvalue weighted by Crippen LogP contribution is 2.26. The van der Waals surface area contributed by atoms with Crippen LogP contribution in [0.25, 0.3) is 6.08 Å². The third kappa shape index (κ3) is 6.32. The lowest BCUT2D eigenvalue weighted by atomic mass is 10.0. The lowest BCUT2D eigenvalue weighted by Gasteiger charge is -2.06. The summed E-state index contributed by atoms with van der Waals surface area (Å²) in [5.74, 6) is 1.22. The van der Waals surface area contributed by atoms with Crippen LogP contribution in [-0.4, -0.2) is 21.9 Å². The van der Waals surface area contributed by atoms with Gasteiger partial charge in [0.15, 0.2) is 4.34 Å². The van der Waals surface area contributed by atoms with Gasteiger partial charge in [0.05, 0.1) is 6.42 Å². The summed E-state index contributed by atoms with van der Waals surface area (Å²) in [4.78, 5) is 12.2. The lowest BCUT2D eigenvalue weighted by molar-refractivity contribution is -0.115. The van der Waals surface area contributed by atoms with Gasteiger partial charge in [0.25, 0.3) is 0 Å². The molecular weight excluding hydrogens is 386 g/mol. The quantitative estimate of drug-likeness (QED) is 0.386. The molecule has 0 unspecified atom stereocenters. The van der Waals surface area contributed by atoms with Gasteiger partial charge in [-0.3, -0.25) is 4.79 Å². The van der Waals surface area contributed by atoms with Gasteiger partial charge in [-0.15, -0.1) is 10.2 Å². The van der Waals surface area contributed by atoms with E-state index in [1.54, 1.807) is 11.8 Å². The van der Waals surface area contributed by atoms with E-state index in [4.69, 9.17) is 0 Å². The molecule has 0 radical (unpaired) electrons. The van der Waals surface area contributed by atoms with Crippen molar-refractivity contribution >= 4 is 40.2 Å². The highest BCUT2D eigenvalue weighted by Gasteiger charge is 2.09. The smallest absolute Gasteiger partial charge is 0.230 e. The van der Waals surface area contributed by atoms with E-state index >= 15 is 0 Å². The van der Waals surface area contributed by atoms with Crippen molar-refractivity contribution in [3.8, 4) is 0 Å². The van der Waals surface area contributed by atoms with E-state index in [1.807, 2.05) is 30.3 Å². The van der Waals surface area contributed by atoms with E-state index in [2.05, 4.69) is 65.8 Å². The van der Waals surface area contributed by atoms with E-state index in [0.717, 1.165) is 15.7 Å². The topological polar surface area (TPSA) is 54.9 Å². The molecule has 0 fully saturated rings. The maximum absolute atomic E-state index is 12.2. The number of carbonyl (C=O) groups excluding carboxylic acids is 1. The molecule has 2 aromatic carbocycles. The van der Waals surface area contributed by atoms with Crippen molar-refractivity contribution in [1.29, 1.82) is 0 Å². The first kappa shape index (κ1) is 20.3. The van der Waals surface area contributed by atoms with Crippen molar-refractivity contribution in [2.24, 2.45) is 0 Å². The number of nitrogens with zero attached hydrogens (tertiary/aromatic N) is 2. The number of amides is 1. The zero-order valence-corrected chi connectivity index (χ0v) is 17.6. The van der Waals surface area contributed by atoms with E-state index in [1.165, 1.54) is 22.5 Å². The van der Waals surface area contributed by atoms with Crippen molar-refractivity contribution in [3.05, 3.63) is 77.4 Å². The number of benzene rings is 2. The summed E-state index contributed by atoms with van der Waals surface area (Å²) >= 11 is 3.00. The van der Waals surface area contributed by atoms with Gasteiger partial charge < -0.3 is 5.32 Å². The molecule has 4 nitrogen and oxygen atoms in total. The maximum atomic E-state index is 12.2. The minimum Gasteiger partial charge on any atom is -0.300 e. The molecule has 0 aliphatic heterocycles. The third-order valence-corrected chi connectivity index (χ3v) is 6.00. The molecule has 0 spiro atoms. The van der Waals surface area contributed by atoms with Crippen LogP contribution in [0, 0.1) is 0 Å². The van der Waals surface area contributed by atoms with Crippen LogP contribution in [0.4, 0.5) is 5.13 Å². The Kier molecular flexibility index (Phi) is 7.39. The van der Waals surface area contributed by atoms with Crippen molar-refractivity contribution in [2.45, 2.75) is 30.5 Å². The summed E-state index contributed by atoms with van der Waals surface area (Å²) in [5.41, 5.74) is 3.44. The predicted molar refractivity (Wildman–Crippen MR) is 119 cm³/mol. The molecule has 1 heterocycles. The van der Waals surface area contributed by atoms with Gasteiger partial charge in [0.2, 0.25) is 11.0 Å². The second kappa shape index (κ2) is 10.2. The Morgan fingerprint density at radius 3 is 2.57 bits per heavy atom. The molecular formula is C22H23N3OS2. The molecule has 0 saturated heterocycles. The number of nitrogens with one attached hydrogen (secondary N) is 1. The zero-order valence-electron chi connectivity index (χ0n) is 16.0. The SMILES string of the molecule is CC(C)c1ccc(CC(=O)Nc2nnc(SC/C=C/c3ccccc3)s2)cc1. The molecule has 1 N–H and O–H groups in total. The molecule has 0 bridgehead atoms. The van der Waals surface area contributed by atoms with Crippen LogP contribution in [0.3, 0.4) is 0 Å². The van der Waals surface area contributed by atoms with Crippen molar-refractivity contribution in [1.82, 2.24) is 10.2 Å². The summed E-state index contributed by atoms with van der Waals surface area (Å²) in [6.45, 7) is 4.31. The van der Waals surface area contributed by atoms with Gasteiger partial charge in [-0.05, 0) is 22.6 Å². The van der Waals surface area contributed by atoms with Gasteiger partial charge in [-0.2, -0.15) is 0 Å². The fourth-order valence-corrected chi connectivity index (χ4v) is 4.16. The first-order valence-corrected chi connectivity index (χ1v) is 11.0. The molecule has 1 amide bonds. The Bertz CT molecular complexity index is 918. The lowest BCUT2D eigenvalue weighted by Crippen LogP contribution is -2.14. The van der Waals surface area contributed by atoms with Gasteiger partial charge >= 0.3 is 0 Å². The minimum absolute atomic E-state index is 0.0750. The molecule has 6 heteroatoms. The molecule has 3 rings (SSSR count). The predicted octanol–water partition coefficient (Wildman–Crippen LogP) is 5.65. The number of rotatable bonds is 8. The number of thioether (sulfide) groups is 1. The second-order valence-corrected chi connectivity index (χ2v) is 8.86. The van der Waals surface area contributed by atoms with Gasteiger partial charge in [-0.25, -0.2) is 0 Å². The minimum atomic E-state index is -0.0750. The Balaban J connectivity index is 1.45. The van der Waals surface area contributed by atoms with Crippen LogP contribution in [0.5, 0.6) is 0 Å². The van der Waals surface area contributed by atoms with E-state index < -0.39 is 0 Å². The zero-order chi connectivity index (χ0) is 19.8. The standard InChI is InChI=1S/C22H23N3OS2/c1-16(2)19-12-10-18(11-13-19)15-20(26)23-21-24-25-22(28-21)27-14-6-9-17-7-4-3-5-8-17/h3-13,16H,14-15H2,1-2H3,(H,23,24,26)/b9-6+. The van der Waals surface area contributed by atoms with Crippen LogP contribution in [0.2, 0.25) is 0 Å². The van der Waals surface area contributed by atoms with Crippen LogP contribution in [0.15, 0.2) is 65.0 Å². The first-order valence-electron chi connectivity index (χ1n) is 9.17. The number of hydrogen-bond donors (Lipinski definition) is 1. The summed E-state index contributed by atoms with van der Waals surface area (Å²) in [6.07, 6.45) is 4.52. The van der Waals surface area contributed by atoms with Crippen molar-refractivity contribution < 1.29 is 4.79 Å². The third-order valence-electron chi connectivity index (χ3n) is 4.08. The first-order chi connectivity index (χ1) is 13.6. The van der Waals surface area contributed by atoms with Gasteiger partial charge in [0, 0.05) is 5.75 Å². The molecule has 3 aromatic rings. The molecule has 144 valence electrons. The summed E-state index contributed by atoms with van der Waals surface area (Å²) in [6, 6.07) is 18.4. The monoisotopic (exact) mass is 409 g/mol. The fourth-order valence-electron chi connectivity index (χ4n) is 2.56. The van der Waals surface area contributed by atoms with Gasteiger partial charge in [-0.1, -0.05) is 104 Å². The summed E-state index contributed by atoms with van der Waals surface area (Å²) < 4.78 is 0.842. The average molecular weight is 410 g/mol. The average Bonchev–Trinajstić information content (AvgIpc) is 3.13. The molecule has 1 aromatic heterocycles. The van der Waals surface area contributed by atoms with Crippen LogP contribution in [0.1, 0.15) is 36.5 Å². The normalized spacial score (nSPS) is 11.2. The largest absolute Gasteiger partial charge is 0.300 e. The number of carbonyl (C=O) groups is 1. The number of hydrogen-bond acceptors (Lipinski definition) is 5. The highest BCUT2D eigenvalue weighted by atomic mass is 32.2. The van der Waals surface area contributed by atoms with Crippen LogP contribution < -0.4 is 5.32 Å². The molecule has 28 heavy (non-hydrogen) atoms. The molecule has 0 atom stereocenters. The molecule has 0 saturated carbocycles. The summed E-state index contributed by atoms with van der Waals surface area (Å²) in [7, 11) is 0. The van der Waals surface area contributed by atoms with Gasteiger partial charge in [0.1, 0.15) is 0 Å². The Hall–Kier alpha value is -2.44. The van der Waals surface area contributed by atoms with Crippen LogP contribution >= 0.6 is 23.1 Å². The van der Waals surface area contributed by atoms with E-state index in [-0.39, 0.29) is 5.91 Å². The molecule has 0 aliphatic carbocycles. The Morgan fingerprint density at radius 2 is 1.86 bits per heavy atom. The van der Waals surface area contributed by atoms with E-state index in [0.29, 0.717) is 17.5 Å². The van der Waals surface area contributed by atoms with Crippen molar-refractivity contribution in [3.63, 3.8) is 0 Å². The fraction of sp³-hybridized carbons (Fsp3) is 0.227. The number of aromatic nitrogens is 2. The second-order valence-electron chi connectivity index (χ2n) is 6.62. The number of anilines is 1. The highest BCUT2D eigenvalue weighted by molar-refractivity contribution is 8.01. The Labute approximate surface area is 174 Å². The maximum Gasteiger partial charge on any atom is 0.230 e. The summed E-state index contributed by atoms with van der Waals surface area (Å²) in [5, 5.41) is 11.6.